The summed E-state index contributed by atoms with van der Waals surface area (Å²) in [5.41, 5.74) is 1.73. The number of para-hydroxylation sites is 1. The number of benzene rings is 3. The number of nitro benzene ring substituents is 1. The molecule has 1 aliphatic heterocycles. The third-order valence-electron chi connectivity index (χ3n) is 5.38. The average Bonchev–Trinajstić information content (AvgIpc) is 3.22. The Hall–Kier alpha value is -4.20. The number of carbonyl (C=O) groups excluding carboxylic acids is 2. The number of carbonyl (C=O) groups is 2. The Bertz CT molecular complexity index is 1180. The molecule has 1 aliphatic rings. The van der Waals surface area contributed by atoms with Gasteiger partial charge in [-0.15, -0.1) is 0 Å². The lowest BCUT2D eigenvalue weighted by Crippen LogP contribution is -2.25. The maximum atomic E-state index is 12.9. The van der Waals surface area contributed by atoms with Crippen molar-refractivity contribution in [3.63, 3.8) is 0 Å². The van der Waals surface area contributed by atoms with E-state index in [1.54, 1.807) is 24.3 Å². The van der Waals surface area contributed by atoms with Gasteiger partial charge in [0.1, 0.15) is 11.5 Å². The number of ether oxygens (including phenoxy) is 1. The quantitative estimate of drug-likeness (QED) is 0.408. The van der Waals surface area contributed by atoms with Crippen molar-refractivity contribution in [2.45, 2.75) is 25.9 Å². The zero-order chi connectivity index (χ0) is 23.2. The van der Waals surface area contributed by atoms with Crippen LogP contribution in [0.2, 0.25) is 0 Å². The summed E-state index contributed by atoms with van der Waals surface area (Å²) in [6.45, 7) is 1.53. The third-order valence-corrected chi connectivity index (χ3v) is 5.38. The van der Waals surface area contributed by atoms with Crippen molar-refractivity contribution >= 4 is 17.5 Å². The summed E-state index contributed by atoms with van der Waals surface area (Å²) in [5, 5.41) is 14.0. The largest absolute Gasteiger partial charge is 0.457 e. The zero-order valence-electron chi connectivity index (χ0n) is 17.9. The summed E-state index contributed by atoms with van der Waals surface area (Å²) >= 11 is 0. The van der Waals surface area contributed by atoms with Crippen LogP contribution in [0.4, 0.5) is 5.69 Å². The highest BCUT2D eigenvalue weighted by Gasteiger charge is 2.21. The minimum atomic E-state index is -0.549. The molecule has 8 nitrogen and oxygen atoms in total. The standard InChI is InChI=1S/C25H23N3O5/c29-24-10-5-13-27(24)17-19-7-4-6-18(14-19)16-26-25(30)22-15-20(28(31)32)11-12-23(22)33-21-8-2-1-3-9-21/h1-4,6-9,11-12,14-15H,5,10,13,16-17H2,(H,26,30). The highest BCUT2D eigenvalue weighted by Crippen LogP contribution is 2.29. The van der Waals surface area contributed by atoms with Crippen molar-refractivity contribution in [3.05, 3.63) is 99.6 Å². The average molecular weight is 445 g/mol. The van der Waals surface area contributed by atoms with E-state index in [1.165, 1.54) is 18.2 Å². The molecule has 1 N–H and O–H groups in total. The molecule has 0 bridgehead atoms. The highest BCUT2D eigenvalue weighted by molar-refractivity contribution is 5.97. The van der Waals surface area contributed by atoms with Crippen molar-refractivity contribution in [2.24, 2.45) is 0 Å². The van der Waals surface area contributed by atoms with Crippen LogP contribution in [0.3, 0.4) is 0 Å². The zero-order valence-corrected chi connectivity index (χ0v) is 17.9. The number of nitro groups is 1. The normalized spacial score (nSPS) is 13.1. The Labute approximate surface area is 190 Å². The van der Waals surface area contributed by atoms with E-state index >= 15 is 0 Å². The van der Waals surface area contributed by atoms with Gasteiger partial charge in [-0.05, 0) is 35.7 Å². The third kappa shape index (κ3) is 5.54. The number of likely N-dealkylation sites (tertiary alicyclic amines) is 1. The van der Waals surface area contributed by atoms with Gasteiger partial charge < -0.3 is 15.0 Å². The first-order valence-corrected chi connectivity index (χ1v) is 10.6. The van der Waals surface area contributed by atoms with E-state index in [1.807, 2.05) is 35.2 Å². The summed E-state index contributed by atoms with van der Waals surface area (Å²) in [7, 11) is 0. The van der Waals surface area contributed by atoms with Crippen LogP contribution in [0.1, 0.15) is 34.3 Å². The molecule has 0 saturated carbocycles. The van der Waals surface area contributed by atoms with Crippen molar-refractivity contribution in [1.29, 1.82) is 0 Å². The first-order chi connectivity index (χ1) is 16.0. The lowest BCUT2D eigenvalue weighted by Gasteiger charge is -2.16. The minimum Gasteiger partial charge on any atom is -0.457 e. The molecule has 4 rings (SSSR count). The summed E-state index contributed by atoms with van der Waals surface area (Å²) in [5.74, 6) is 0.422. The molecule has 3 aromatic rings. The first-order valence-electron chi connectivity index (χ1n) is 10.6. The van der Waals surface area contributed by atoms with Crippen LogP contribution < -0.4 is 10.1 Å². The summed E-state index contributed by atoms with van der Waals surface area (Å²) < 4.78 is 5.80. The molecular weight excluding hydrogens is 422 g/mol. The fourth-order valence-electron chi connectivity index (χ4n) is 3.72. The molecule has 33 heavy (non-hydrogen) atoms. The number of nitrogens with one attached hydrogen (secondary N) is 1. The van der Waals surface area contributed by atoms with Crippen LogP contribution in [-0.4, -0.2) is 28.2 Å². The van der Waals surface area contributed by atoms with Gasteiger partial charge in [0, 0.05) is 38.2 Å². The Morgan fingerprint density at radius 2 is 1.82 bits per heavy atom. The predicted molar refractivity (Wildman–Crippen MR) is 122 cm³/mol. The van der Waals surface area contributed by atoms with E-state index in [-0.39, 0.29) is 29.5 Å². The summed E-state index contributed by atoms with van der Waals surface area (Å²) in [4.78, 5) is 37.3. The molecule has 168 valence electrons. The molecule has 0 spiro atoms. The monoisotopic (exact) mass is 445 g/mol. The van der Waals surface area contributed by atoms with E-state index in [2.05, 4.69) is 5.32 Å². The Morgan fingerprint density at radius 1 is 1.03 bits per heavy atom. The predicted octanol–water partition coefficient (Wildman–Crippen LogP) is 4.44. The van der Waals surface area contributed by atoms with Gasteiger partial charge in [-0.1, -0.05) is 42.5 Å². The molecule has 1 saturated heterocycles. The number of rotatable bonds is 8. The van der Waals surface area contributed by atoms with Gasteiger partial charge in [-0.2, -0.15) is 0 Å². The summed E-state index contributed by atoms with van der Waals surface area (Å²) in [6, 6.07) is 20.5. The van der Waals surface area contributed by atoms with E-state index in [4.69, 9.17) is 4.74 Å². The molecule has 3 aromatic carbocycles. The second kappa shape index (κ2) is 9.95. The van der Waals surface area contributed by atoms with E-state index in [0.29, 0.717) is 18.7 Å². The van der Waals surface area contributed by atoms with Gasteiger partial charge in [0.2, 0.25) is 5.91 Å². The van der Waals surface area contributed by atoms with Crippen molar-refractivity contribution in [3.8, 4) is 11.5 Å². The number of hydrogen-bond acceptors (Lipinski definition) is 5. The van der Waals surface area contributed by atoms with Crippen molar-refractivity contribution < 1.29 is 19.2 Å². The second-order valence-electron chi connectivity index (χ2n) is 7.77. The molecule has 1 heterocycles. The fraction of sp³-hybridized carbons (Fsp3) is 0.200. The molecule has 0 atom stereocenters. The van der Waals surface area contributed by atoms with Gasteiger partial charge in [-0.25, -0.2) is 0 Å². The molecule has 0 aliphatic carbocycles. The van der Waals surface area contributed by atoms with Gasteiger partial charge >= 0.3 is 0 Å². The smallest absolute Gasteiger partial charge is 0.270 e. The van der Waals surface area contributed by atoms with Gasteiger partial charge in [-0.3, -0.25) is 19.7 Å². The maximum Gasteiger partial charge on any atom is 0.270 e. The Balaban J connectivity index is 1.48. The summed E-state index contributed by atoms with van der Waals surface area (Å²) in [6.07, 6.45) is 1.47. The van der Waals surface area contributed by atoms with Crippen LogP contribution in [0.25, 0.3) is 0 Å². The first kappa shape index (κ1) is 22.0. The van der Waals surface area contributed by atoms with Crippen molar-refractivity contribution in [1.82, 2.24) is 10.2 Å². The van der Waals surface area contributed by atoms with Gasteiger partial charge in [0.25, 0.3) is 11.6 Å². The van der Waals surface area contributed by atoms with E-state index in [0.717, 1.165) is 24.1 Å². The van der Waals surface area contributed by atoms with Crippen LogP contribution in [0, 0.1) is 10.1 Å². The van der Waals surface area contributed by atoms with Crippen LogP contribution in [0.15, 0.2) is 72.8 Å². The lowest BCUT2D eigenvalue weighted by molar-refractivity contribution is -0.384. The number of hydrogen-bond donors (Lipinski definition) is 1. The van der Waals surface area contributed by atoms with E-state index in [9.17, 15) is 19.7 Å². The van der Waals surface area contributed by atoms with Gasteiger partial charge in [0.05, 0.1) is 10.5 Å². The lowest BCUT2D eigenvalue weighted by atomic mass is 10.1. The SMILES string of the molecule is O=C(NCc1cccc(CN2CCCC2=O)c1)c1cc([N+](=O)[O-])ccc1Oc1ccccc1. The second-order valence-corrected chi connectivity index (χ2v) is 7.77. The topological polar surface area (TPSA) is 102 Å². The molecule has 1 fully saturated rings. The van der Waals surface area contributed by atoms with Crippen molar-refractivity contribution in [2.75, 3.05) is 6.54 Å². The van der Waals surface area contributed by atoms with Crippen LogP contribution >= 0.6 is 0 Å². The number of nitrogens with zero attached hydrogens (tertiary/aromatic N) is 2. The Kier molecular flexibility index (Phi) is 6.64. The molecule has 8 heteroatoms. The van der Waals surface area contributed by atoms with Crippen LogP contribution in [-0.2, 0) is 17.9 Å². The van der Waals surface area contributed by atoms with Crippen LogP contribution in [0.5, 0.6) is 11.5 Å². The number of amides is 2. The molecular formula is C25H23N3O5. The number of non-ortho nitro benzene ring substituents is 1. The molecule has 2 amide bonds. The molecule has 0 radical (unpaired) electrons. The van der Waals surface area contributed by atoms with Gasteiger partial charge in [0.15, 0.2) is 0 Å². The molecule has 0 aromatic heterocycles. The molecule has 0 unspecified atom stereocenters. The highest BCUT2D eigenvalue weighted by atomic mass is 16.6. The van der Waals surface area contributed by atoms with E-state index < -0.39 is 10.8 Å². The maximum absolute atomic E-state index is 12.9. The Morgan fingerprint density at radius 3 is 2.55 bits per heavy atom. The fourth-order valence-corrected chi connectivity index (χ4v) is 3.72. The minimum absolute atomic E-state index is 0.0758.